The van der Waals surface area contributed by atoms with Gasteiger partial charge >= 0.3 is 5.97 Å². The fraction of sp³-hybridized carbons (Fsp3) is 0.533. The van der Waals surface area contributed by atoms with Gasteiger partial charge in [-0.25, -0.2) is 4.79 Å². The summed E-state index contributed by atoms with van der Waals surface area (Å²) >= 11 is 1.58. The Hall–Kier alpha value is -3.15. The quantitative estimate of drug-likeness (QED) is 0.193. The average molecular weight is 588 g/mol. The van der Waals surface area contributed by atoms with Crippen LogP contribution in [0.3, 0.4) is 0 Å². The van der Waals surface area contributed by atoms with Crippen molar-refractivity contribution in [2.45, 2.75) is 64.2 Å². The van der Waals surface area contributed by atoms with Crippen LogP contribution in [-0.4, -0.2) is 78.9 Å². The van der Waals surface area contributed by atoms with E-state index in [0.717, 1.165) is 22.8 Å². The summed E-state index contributed by atoms with van der Waals surface area (Å²) in [5, 5.41) is 8.05. The molecule has 226 valence electrons. The van der Waals surface area contributed by atoms with Gasteiger partial charge in [-0.3, -0.25) is 19.3 Å². The van der Waals surface area contributed by atoms with Gasteiger partial charge < -0.3 is 26.8 Å². The Morgan fingerprint density at radius 2 is 1.76 bits per heavy atom. The van der Waals surface area contributed by atoms with Gasteiger partial charge in [-0.05, 0) is 47.1 Å². The predicted octanol–water partition coefficient (Wildman–Crippen LogP) is 2.18. The summed E-state index contributed by atoms with van der Waals surface area (Å²) in [5.74, 6) is -0.907. The number of nitrogens with one attached hydrogen (secondary N) is 2. The number of methoxy groups -OCH3 is 1. The van der Waals surface area contributed by atoms with Crippen LogP contribution in [0.1, 0.15) is 45.1 Å². The molecule has 41 heavy (non-hydrogen) atoms. The summed E-state index contributed by atoms with van der Waals surface area (Å²) in [4.78, 5) is 51.7. The minimum absolute atomic E-state index is 0.00647. The van der Waals surface area contributed by atoms with Crippen molar-refractivity contribution in [2.24, 2.45) is 17.4 Å². The van der Waals surface area contributed by atoms with Crippen LogP contribution >= 0.6 is 11.8 Å². The second kappa shape index (κ2) is 17.6. The Balaban J connectivity index is 2.31. The number of ether oxygens (including phenoxy) is 1. The first-order chi connectivity index (χ1) is 19.6. The molecule has 0 aliphatic heterocycles. The molecule has 0 aromatic heterocycles. The molecule has 0 aliphatic rings. The molecular formula is C30H45N5O5S. The molecule has 0 aliphatic carbocycles. The van der Waals surface area contributed by atoms with Gasteiger partial charge in [0.25, 0.3) is 0 Å². The van der Waals surface area contributed by atoms with Crippen molar-refractivity contribution in [2.75, 3.05) is 32.2 Å². The lowest BCUT2D eigenvalue weighted by Gasteiger charge is -2.32. The second-order valence-corrected chi connectivity index (χ2v) is 11.3. The third-order valence-electron chi connectivity index (χ3n) is 7.22. The highest BCUT2D eigenvalue weighted by Crippen LogP contribution is 2.21. The number of hydrogen-bond acceptors (Lipinski definition) is 8. The van der Waals surface area contributed by atoms with E-state index in [-0.39, 0.29) is 43.2 Å². The number of nitrogens with zero attached hydrogens (tertiary/aromatic N) is 1. The maximum Gasteiger partial charge on any atom is 0.328 e. The van der Waals surface area contributed by atoms with Crippen LogP contribution in [0.4, 0.5) is 0 Å². The van der Waals surface area contributed by atoms with E-state index in [1.165, 1.54) is 7.11 Å². The number of rotatable bonds is 18. The van der Waals surface area contributed by atoms with Crippen LogP contribution in [0.25, 0.3) is 10.8 Å². The molecule has 0 radical (unpaired) electrons. The van der Waals surface area contributed by atoms with Crippen LogP contribution in [0.5, 0.6) is 0 Å². The number of hydrogen-bond donors (Lipinski definition) is 4. The Morgan fingerprint density at radius 3 is 2.41 bits per heavy atom. The Labute approximate surface area is 247 Å². The van der Waals surface area contributed by atoms with Gasteiger partial charge in [-0.15, -0.1) is 0 Å². The molecule has 2 aromatic rings. The predicted molar refractivity (Wildman–Crippen MR) is 164 cm³/mol. The Bertz CT molecular complexity index is 1160. The summed E-state index contributed by atoms with van der Waals surface area (Å²) in [6.07, 6.45) is 3.35. The number of esters is 1. The molecule has 2 aromatic carbocycles. The van der Waals surface area contributed by atoms with Crippen molar-refractivity contribution >= 4 is 46.2 Å². The minimum atomic E-state index is -0.874. The van der Waals surface area contributed by atoms with Crippen molar-refractivity contribution in [1.82, 2.24) is 15.5 Å². The molecule has 0 saturated heterocycles. The van der Waals surface area contributed by atoms with Gasteiger partial charge in [0.2, 0.25) is 17.7 Å². The van der Waals surface area contributed by atoms with Gasteiger partial charge in [0.05, 0.1) is 19.7 Å². The van der Waals surface area contributed by atoms with Crippen LogP contribution in [0, 0.1) is 5.92 Å². The molecule has 0 bridgehead atoms. The zero-order chi connectivity index (χ0) is 30.4. The lowest BCUT2D eigenvalue weighted by molar-refractivity contribution is -0.145. The molecule has 0 spiro atoms. The Morgan fingerprint density at radius 1 is 1.05 bits per heavy atom. The highest BCUT2D eigenvalue weighted by molar-refractivity contribution is 7.98. The van der Waals surface area contributed by atoms with Crippen LogP contribution in [0.2, 0.25) is 0 Å². The summed E-state index contributed by atoms with van der Waals surface area (Å²) in [6, 6.07) is 12.2. The molecule has 6 N–H and O–H groups in total. The molecule has 0 heterocycles. The molecule has 11 heteroatoms. The lowest BCUT2D eigenvalue weighted by atomic mass is 9.97. The maximum absolute atomic E-state index is 13.3. The first-order valence-electron chi connectivity index (χ1n) is 14.0. The maximum atomic E-state index is 13.3. The summed E-state index contributed by atoms with van der Waals surface area (Å²) in [6.45, 7) is 4.89. The molecule has 3 amide bonds. The monoisotopic (exact) mass is 587 g/mol. The zero-order valence-electron chi connectivity index (χ0n) is 24.6. The first kappa shape index (κ1) is 34.1. The summed E-state index contributed by atoms with van der Waals surface area (Å²) in [7, 11) is 1.31. The van der Waals surface area contributed by atoms with Crippen molar-refractivity contribution in [3.63, 3.8) is 0 Å². The van der Waals surface area contributed by atoms with Crippen molar-refractivity contribution in [3.05, 3.63) is 48.0 Å². The van der Waals surface area contributed by atoms with E-state index in [9.17, 15) is 19.2 Å². The van der Waals surface area contributed by atoms with E-state index >= 15 is 0 Å². The first-order valence-corrected chi connectivity index (χ1v) is 15.4. The fourth-order valence-corrected chi connectivity index (χ4v) is 5.05. The number of amides is 3. The standard InChI is InChI=1S/C30H45N5O5S/c1-5-20(2)26(34-29(38)24(31)13-14-27(32)36)18-35(17-22-11-8-10-21-9-6-7-12-23(21)22)19-28(37)33-25(15-16-41-4)30(39)40-3/h6-12,20,24-26H,5,13-19,31H2,1-4H3,(H2,32,36)(H,33,37)(H,34,38)/t20?,24-,25?,26?/m0/s1. The minimum Gasteiger partial charge on any atom is -0.467 e. The highest BCUT2D eigenvalue weighted by atomic mass is 32.2. The number of benzene rings is 2. The van der Waals surface area contributed by atoms with Gasteiger partial charge in [0.15, 0.2) is 0 Å². The van der Waals surface area contributed by atoms with Crippen LogP contribution in [-0.2, 0) is 30.5 Å². The Kier molecular flexibility index (Phi) is 14.6. The molecule has 0 fully saturated rings. The van der Waals surface area contributed by atoms with E-state index in [0.29, 0.717) is 25.3 Å². The SMILES string of the molecule is CCC(C)C(CN(CC(=O)NC(CCSC)C(=O)OC)Cc1cccc2ccccc12)NC(=O)[C@@H](N)CCC(N)=O. The van der Waals surface area contributed by atoms with Crippen LogP contribution < -0.4 is 22.1 Å². The topological polar surface area (TPSA) is 157 Å². The fourth-order valence-electron chi connectivity index (χ4n) is 4.58. The highest BCUT2D eigenvalue weighted by Gasteiger charge is 2.27. The smallest absolute Gasteiger partial charge is 0.328 e. The molecule has 0 saturated carbocycles. The molecule has 2 rings (SSSR count). The third-order valence-corrected chi connectivity index (χ3v) is 7.87. The number of thioether (sulfide) groups is 1. The number of nitrogens with two attached hydrogens (primary N) is 2. The van der Waals surface area contributed by atoms with Crippen molar-refractivity contribution in [1.29, 1.82) is 0 Å². The molecular weight excluding hydrogens is 542 g/mol. The van der Waals surface area contributed by atoms with E-state index < -0.39 is 24.0 Å². The second-order valence-electron chi connectivity index (χ2n) is 10.3. The molecule has 10 nitrogen and oxygen atoms in total. The van der Waals surface area contributed by atoms with Gasteiger partial charge in [0.1, 0.15) is 6.04 Å². The molecule has 3 unspecified atom stereocenters. The number of primary amides is 1. The van der Waals surface area contributed by atoms with E-state index in [1.54, 1.807) is 11.8 Å². The van der Waals surface area contributed by atoms with Gasteiger partial charge in [-0.2, -0.15) is 11.8 Å². The van der Waals surface area contributed by atoms with E-state index in [1.807, 2.05) is 67.5 Å². The lowest BCUT2D eigenvalue weighted by Crippen LogP contribution is -2.53. The van der Waals surface area contributed by atoms with Crippen LogP contribution in [0.15, 0.2) is 42.5 Å². The van der Waals surface area contributed by atoms with Gasteiger partial charge in [0, 0.05) is 25.6 Å². The number of fused-ring (bicyclic) bond motifs is 1. The third kappa shape index (κ3) is 11.3. The summed E-state index contributed by atoms with van der Waals surface area (Å²) < 4.78 is 4.91. The van der Waals surface area contributed by atoms with Crippen molar-refractivity contribution in [3.8, 4) is 0 Å². The summed E-state index contributed by atoms with van der Waals surface area (Å²) in [5.41, 5.74) is 12.3. The normalized spacial score (nSPS) is 14.2. The average Bonchev–Trinajstić information content (AvgIpc) is 2.96. The van der Waals surface area contributed by atoms with Gasteiger partial charge in [-0.1, -0.05) is 62.7 Å². The molecule has 4 atom stereocenters. The van der Waals surface area contributed by atoms with E-state index in [2.05, 4.69) is 10.6 Å². The van der Waals surface area contributed by atoms with Crippen molar-refractivity contribution < 1.29 is 23.9 Å². The van der Waals surface area contributed by atoms with E-state index in [4.69, 9.17) is 16.2 Å². The number of carbonyl (C=O) groups excluding carboxylic acids is 4. The largest absolute Gasteiger partial charge is 0.467 e. The number of carbonyl (C=O) groups is 4. The zero-order valence-corrected chi connectivity index (χ0v) is 25.4.